The van der Waals surface area contributed by atoms with Gasteiger partial charge >= 0.3 is 0 Å². The number of hydrogen-bond donors (Lipinski definition) is 1. The molecule has 2 aromatic heterocycles. The second kappa shape index (κ2) is 9.90. The molecule has 0 fully saturated rings. The Morgan fingerprint density at radius 3 is 2.55 bits per heavy atom. The van der Waals surface area contributed by atoms with Crippen LogP contribution in [0.25, 0.3) is 33.5 Å². The lowest BCUT2D eigenvalue weighted by Crippen LogP contribution is -2.43. The molecular formula is C28H25ClN4O5. The van der Waals surface area contributed by atoms with Gasteiger partial charge in [-0.2, -0.15) is 0 Å². The fourth-order valence-electron chi connectivity index (χ4n) is 4.26. The fraction of sp³-hybridized carbons (Fsp3) is 0.250. The van der Waals surface area contributed by atoms with Gasteiger partial charge < -0.3 is 14.8 Å². The number of carbonyl (C=O) groups is 2. The molecule has 3 heterocycles. The number of nitrogens with zero attached hydrogens (tertiary/aromatic N) is 3. The smallest absolute Gasteiger partial charge is 0.263 e. The molecule has 38 heavy (non-hydrogen) atoms. The number of pyridine rings is 1. The number of ether oxygens (including phenoxy) is 2. The zero-order valence-electron chi connectivity index (χ0n) is 21.1. The van der Waals surface area contributed by atoms with E-state index < -0.39 is 11.1 Å². The maximum absolute atomic E-state index is 13.9. The summed E-state index contributed by atoms with van der Waals surface area (Å²) in [6, 6.07) is 11.8. The molecule has 1 N–H and O–H groups in total. The van der Waals surface area contributed by atoms with Crippen molar-refractivity contribution in [3.05, 3.63) is 69.6 Å². The maximum Gasteiger partial charge on any atom is 0.263 e. The van der Waals surface area contributed by atoms with Gasteiger partial charge in [-0.25, -0.2) is 9.97 Å². The van der Waals surface area contributed by atoms with E-state index in [0.717, 1.165) is 0 Å². The van der Waals surface area contributed by atoms with Crippen molar-refractivity contribution in [3.63, 3.8) is 0 Å². The Hall–Kier alpha value is -4.24. The first kappa shape index (κ1) is 25.4. The van der Waals surface area contributed by atoms with E-state index in [4.69, 9.17) is 21.1 Å². The first-order valence-corrected chi connectivity index (χ1v) is 12.4. The monoisotopic (exact) mass is 532 g/mol. The summed E-state index contributed by atoms with van der Waals surface area (Å²) in [6.45, 7) is 6.20. The molecule has 1 aliphatic heterocycles. The van der Waals surface area contributed by atoms with Gasteiger partial charge in [0.05, 0.1) is 5.39 Å². The minimum atomic E-state index is -0.486. The molecule has 0 radical (unpaired) electrons. The highest BCUT2D eigenvalue weighted by atomic mass is 35.5. The summed E-state index contributed by atoms with van der Waals surface area (Å²) < 4.78 is 12.7. The molecule has 1 aliphatic rings. The summed E-state index contributed by atoms with van der Waals surface area (Å²) in [5.41, 5.74) is 1.48. The number of fused-ring (bicyclic) bond motifs is 2. The lowest BCUT2D eigenvalue weighted by atomic mass is 10.0. The molecular weight excluding hydrogens is 508 g/mol. The predicted molar refractivity (Wildman–Crippen MR) is 144 cm³/mol. The molecule has 0 bridgehead atoms. The summed E-state index contributed by atoms with van der Waals surface area (Å²) in [4.78, 5) is 47.2. The quantitative estimate of drug-likeness (QED) is 0.382. The molecule has 0 saturated carbocycles. The van der Waals surface area contributed by atoms with Gasteiger partial charge in [0.1, 0.15) is 31.9 Å². The molecule has 0 spiro atoms. The molecule has 0 atom stereocenters. The summed E-state index contributed by atoms with van der Waals surface area (Å²) in [5.74, 6) is 1.06. The average molecular weight is 533 g/mol. The van der Waals surface area contributed by atoms with Crippen molar-refractivity contribution < 1.29 is 19.1 Å². The minimum absolute atomic E-state index is 0.216. The largest absolute Gasteiger partial charge is 0.486 e. The van der Waals surface area contributed by atoms with Crippen molar-refractivity contribution in [2.45, 2.75) is 32.9 Å². The number of aromatic nitrogens is 3. The third-order valence-electron chi connectivity index (χ3n) is 5.82. The second-order valence-electron chi connectivity index (χ2n) is 9.97. The Kier molecular flexibility index (Phi) is 6.62. The van der Waals surface area contributed by atoms with E-state index in [0.29, 0.717) is 58.3 Å². The predicted octanol–water partition coefficient (Wildman–Crippen LogP) is 4.28. The lowest BCUT2D eigenvalue weighted by molar-refractivity contribution is -0.123. The average Bonchev–Trinajstić information content (AvgIpc) is 2.88. The van der Waals surface area contributed by atoms with E-state index in [1.165, 1.54) is 4.57 Å². The Bertz CT molecular complexity index is 1640. The standard InChI is InChI=1S/C28H25ClN4O5/c1-28(2,3)32-24(35)14-33-26(17-4-5-22-23(12-17)38-7-6-37-22)31-25-21(27(33)36)11-19(13-30-25)18-8-16(15-34)9-20(29)10-18/h4-5,8-13,15H,6-7,14H2,1-3H3,(H,32,35). The van der Waals surface area contributed by atoms with Gasteiger partial charge in [-0.3, -0.25) is 19.0 Å². The van der Waals surface area contributed by atoms with Gasteiger partial charge in [0, 0.05) is 33.4 Å². The molecule has 1 amide bonds. The van der Waals surface area contributed by atoms with Gasteiger partial charge in [-0.1, -0.05) is 11.6 Å². The highest BCUT2D eigenvalue weighted by molar-refractivity contribution is 6.31. The van der Waals surface area contributed by atoms with Crippen LogP contribution >= 0.6 is 11.6 Å². The number of nitrogens with one attached hydrogen (secondary N) is 1. The number of amides is 1. The fourth-order valence-corrected chi connectivity index (χ4v) is 4.51. The van der Waals surface area contributed by atoms with Crippen LogP contribution < -0.4 is 20.3 Å². The van der Waals surface area contributed by atoms with E-state index >= 15 is 0 Å². The van der Waals surface area contributed by atoms with Crippen LogP contribution in [0.5, 0.6) is 11.5 Å². The molecule has 4 aromatic rings. The molecule has 10 heteroatoms. The zero-order valence-corrected chi connectivity index (χ0v) is 21.8. The first-order chi connectivity index (χ1) is 18.1. The number of hydrogen-bond acceptors (Lipinski definition) is 7. The van der Waals surface area contributed by atoms with E-state index in [-0.39, 0.29) is 29.3 Å². The number of rotatable bonds is 5. The van der Waals surface area contributed by atoms with Crippen LogP contribution in [0.15, 0.2) is 53.5 Å². The molecule has 2 aromatic carbocycles. The van der Waals surface area contributed by atoms with Crippen LogP contribution in [-0.2, 0) is 11.3 Å². The summed E-state index contributed by atoms with van der Waals surface area (Å²) in [5, 5.41) is 3.50. The van der Waals surface area contributed by atoms with E-state index in [9.17, 15) is 14.4 Å². The van der Waals surface area contributed by atoms with E-state index in [1.54, 1.807) is 48.7 Å². The van der Waals surface area contributed by atoms with Crippen molar-refractivity contribution in [1.29, 1.82) is 0 Å². The van der Waals surface area contributed by atoms with E-state index in [2.05, 4.69) is 15.3 Å². The second-order valence-corrected chi connectivity index (χ2v) is 10.4. The molecule has 194 valence electrons. The maximum atomic E-state index is 13.9. The number of aldehydes is 1. The van der Waals surface area contributed by atoms with Gasteiger partial charge in [-0.15, -0.1) is 0 Å². The SMILES string of the molecule is CC(C)(C)NC(=O)Cn1c(-c2ccc3c(c2)OCCO3)nc2ncc(-c3cc(Cl)cc(C=O)c3)cc2c1=O. The van der Waals surface area contributed by atoms with Crippen molar-refractivity contribution in [1.82, 2.24) is 19.9 Å². The Balaban J connectivity index is 1.68. The van der Waals surface area contributed by atoms with Crippen molar-refractivity contribution >= 4 is 34.8 Å². The zero-order chi connectivity index (χ0) is 27.0. The van der Waals surface area contributed by atoms with Gasteiger partial charge in [-0.05, 0) is 68.8 Å². The van der Waals surface area contributed by atoms with Crippen molar-refractivity contribution in [2.24, 2.45) is 0 Å². The van der Waals surface area contributed by atoms with Gasteiger partial charge in [0.2, 0.25) is 5.91 Å². The molecule has 0 unspecified atom stereocenters. The van der Waals surface area contributed by atoms with Gasteiger partial charge in [0.15, 0.2) is 17.1 Å². The van der Waals surface area contributed by atoms with Crippen LogP contribution in [0.3, 0.4) is 0 Å². The highest BCUT2D eigenvalue weighted by Gasteiger charge is 2.21. The topological polar surface area (TPSA) is 112 Å². The molecule has 0 aliphatic carbocycles. The first-order valence-electron chi connectivity index (χ1n) is 12.0. The van der Waals surface area contributed by atoms with Crippen LogP contribution in [-0.4, -0.2) is 45.5 Å². The third-order valence-corrected chi connectivity index (χ3v) is 6.03. The van der Waals surface area contributed by atoms with Crippen molar-refractivity contribution in [2.75, 3.05) is 13.2 Å². The Labute approximate surface area is 223 Å². The van der Waals surface area contributed by atoms with Gasteiger partial charge in [0.25, 0.3) is 5.56 Å². The van der Waals surface area contributed by atoms with Crippen molar-refractivity contribution in [3.8, 4) is 34.0 Å². The number of benzene rings is 2. The third kappa shape index (κ3) is 5.24. The summed E-state index contributed by atoms with van der Waals surface area (Å²) in [7, 11) is 0. The minimum Gasteiger partial charge on any atom is -0.486 e. The van der Waals surface area contributed by atoms with Crippen LogP contribution in [0.4, 0.5) is 0 Å². The molecule has 9 nitrogen and oxygen atoms in total. The summed E-state index contributed by atoms with van der Waals surface area (Å²) in [6.07, 6.45) is 2.27. The van der Waals surface area contributed by atoms with Crippen LogP contribution in [0.2, 0.25) is 5.02 Å². The lowest BCUT2D eigenvalue weighted by Gasteiger charge is -2.22. The molecule has 5 rings (SSSR count). The van der Waals surface area contributed by atoms with E-state index in [1.807, 2.05) is 20.8 Å². The highest BCUT2D eigenvalue weighted by Crippen LogP contribution is 2.34. The van der Waals surface area contributed by atoms with Crippen LogP contribution in [0, 0.1) is 0 Å². The normalized spacial score (nSPS) is 12.8. The Morgan fingerprint density at radius 2 is 1.82 bits per heavy atom. The number of carbonyl (C=O) groups excluding carboxylic acids is 2. The number of halogens is 1. The summed E-state index contributed by atoms with van der Waals surface area (Å²) >= 11 is 6.18. The van der Waals surface area contributed by atoms with Crippen LogP contribution in [0.1, 0.15) is 31.1 Å². The Morgan fingerprint density at radius 1 is 1.05 bits per heavy atom. The molecule has 0 saturated heterocycles.